The van der Waals surface area contributed by atoms with Gasteiger partial charge in [-0.1, -0.05) is 13.8 Å². The molecule has 0 radical (unpaired) electrons. The highest BCUT2D eigenvalue weighted by atomic mass is 15.2. The van der Waals surface area contributed by atoms with Gasteiger partial charge in [0.15, 0.2) is 0 Å². The molecule has 5 heteroatoms. The first-order valence-electron chi connectivity index (χ1n) is 5.87. The van der Waals surface area contributed by atoms with Gasteiger partial charge in [0.1, 0.15) is 5.82 Å². The van der Waals surface area contributed by atoms with Crippen LogP contribution in [0.4, 0.5) is 11.8 Å². The van der Waals surface area contributed by atoms with E-state index in [1.165, 1.54) is 0 Å². The molecule has 0 aromatic carbocycles. The first-order chi connectivity index (χ1) is 7.89. The molecular formula is C12H23N5. The number of anilines is 2. The largest absolute Gasteiger partial charge is 0.363 e. The number of nitrogens with two attached hydrogens (primary N) is 1. The van der Waals surface area contributed by atoms with Crippen LogP contribution in [-0.4, -0.2) is 36.1 Å². The zero-order chi connectivity index (χ0) is 13.1. The molecule has 3 N–H and O–H groups in total. The van der Waals surface area contributed by atoms with E-state index >= 15 is 0 Å². The molecule has 1 aromatic heterocycles. The van der Waals surface area contributed by atoms with E-state index in [1.807, 2.05) is 25.1 Å². The Hall–Kier alpha value is -1.36. The van der Waals surface area contributed by atoms with Gasteiger partial charge in [0.05, 0.1) is 5.54 Å². The molecule has 1 atom stereocenters. The average molecular weight is 237 g/mol. The van der Waals surface area contributed by atoms with Crippen molar-refractivity contribution in [2.75, 3.05) is 30.9 Å². The van der Waals surface area contributed by atoms with Gasteiger partial charge in [-0.15, -0.1) is 0 Å². The van der Waals surface area contributed by atoms with E-state index in [0.717, 1.165) is 5.82 Å². The first-order valence-corrected chi connectivity index (χ1v) is 5.87. The number of hydrogen-bond acceptors (Lipinski definition) is 5. The van der Waals surface area contributed by atoms with Gasteiger partial charge in [0.2, 0.25) is 5.95 Å². The van der Waals surface area contributed by atoms with Gasteiger partial charge in [-0.2, -0.15) is 4.98 Å². The van der Waals surface area contributed by atoms with Gasteiger partial charge in [0, 0.05) is 26.8 Å². The van der Waals surface area contributed by atoms with Crippen LogP contribution in [0.5, 0.6) is 0 Å². The second-order valence-electron chi connectivity index (χ2n) is 5.04. The Bertz CT molecular complexity index is 364. The molecule has 0 aliphatic carbocycles. The summed E-state index contributed by atoms with van der Waals surface area (Å²) in [6.07, 6.45) is 1.75. The normalized spacial score (nSPS) is 14.5. The summed E-state index contributed by atoms with van der Waals surface area (Å²) in [4.78, 5) is 10.5. The minimum absolute atomic E-state index is 0.155. The smallest absolute Gasteiger partial charge is 0.226 e. The Labute approximate surface area is 103 Å². The van der Waals surface area contributed by atoms with Crippen molar-refractivity contribution >= 4 is 11.8 Å². The Balaban J connectivity index is 2.91. The molecule has 1 unspecified atom stereocenters. The van der Waals surface area contributed by atoms with E-state index in [9.17, 15) is 0 Å². The highest BCUT2D eigenvalue weighted by Gasteiger charge is 2.26. The fraction of sp³-hybridized carbons (Fsp3) is 0.667. The Morgan fingerprint density at radius 3 is 2.59 bits per heavy atom. The second-order valence-corrected chi connectivity index (χ2v) is 5.04. The fourth-order valence-electron chi connectivity index (χ4n) is 1.36. The maximum Gasteiger partial charge on any atom is 0.226 e. The van der Waals surface area contributed by atoms with Crippen LogP contribution < -0.4 is 16.0 Å². The standard InChI is InChI=1S/C12H23N5/c1-9(2)12(3,8-13)16-10-6-7-14-11(15-10)17(4)5/h6-7,9H,8,13H2,1-5H3,(H,14,15,16). The summed E-state index contributed by atoms with van der Waals surface area (Å²) < 4.78 is 0. The molecule has 1 aromatic rings. The number of aromatic nitrogens is 2. The first kappa shape index (κ1) is 13.7. The van der Waals surface area contributed by atoms with Crippen molar-refractivity contribution in [2.24, 2.45) is 11.7 Å². The summed E-state index contributed by atoms with van der Waals surface area (Å²) >= 11 is 0. The van der Waals surface area contributed by atoms with E-state index in [1.54, 1.807) is 6.20 Å². The van der Waals surface area contributed by atoms with Crippen LogP contribution in [0.25, 0.3) is 0 Å². The predicted octanol–water partition coefficient (Wildman–Crippen LogP) is 1.33. The topological polar surface area (TPSA) is 67.1 Å². The third kappa shape index (κ3) is 3.30. The second kappa shape index (κ2) is 5.31. The number of rotatable bonds is 5. The Morgan fingerprint density at radius 2 is 2.12 bits per heavy atom. The lowest BCUT2D eigenvalue weighted by Crippen LogP contribution is -2.47. The van der Waals surface area contributed by atoms with Crippen LogP contribution in [0.1, 0.15) is 20.8 Å². The van der Waals surface area contributed by atoms with Crippen LogP contribution in [0.2, 0.25) is 0 Å². The highest BCUT2D eigenvalue weighted by molar-refractivity contribution is 5.42. The van der Waals surface area contributed by atoms with E-state index in [4.69, 9.17) is 5.73 Å². The third-order valence-corrected chi connectivity index (χ3v) is 3.15. The molecule has 0 saturated heterocycles. The lowest BCUT2D eigenvalue weighted by atomic mass is 9.88. The third-order valence-electron chi connectivity index (χ3n) is 3.15. The molecule has 0 saturated carbocycles. The summed E-state index contributed by atoms with van der Waals surface area (Å²) in [7, 11) is 3.84. The van der Waals surface area contributed by atoms with Crippen molar-refractivity contribution in [2.45, 2.75) is 26.3 Å². The van der Waals surface area contributed by atoms with Gasteiger partial charge in [-0.05, 0) is 18.9 Å². The zero-order valence-corrected chi connectivity index (χ0v) is 11.4. The van der Waals surface area contributed by atoms with Gasteiger partial charge < -0.3 is 16.0 Å². The van der Waals surface area contributed by atoms with Crippen molar-refractivity contribution in [1.82, 2.24) is 9.97 Å². The summed E-state index contributed by atoms with van der Waals surface area (Å²) in [5.74, 6) is 1.92. The van der Waals surface area contributed by atoms with Gasteiger partial charge in [0.25, 0.3) is 0 Å². The van der Waals surface area contributed by atoms with E-state index in [0.29, 0.717) is 18.4 Å². The zero-order valence-electron chi connectivity index (χ0n) is 11.4. The van der Waals surface area contributed by atoms with E-state index in [2.05, 4.69) is 36.1 Å². The van der Waals surface area contributed by atoms with Crippen LogP contribution >= 0.6 is 0 Å². The fourth-order valence-corrected chi connectivity index (χ4v) is 1.36. The molecule has 0 amide bonds. The molecular weight excluding hydrogens is 214 g/mol. The SMILES string of the molecule is CC(C)C(C)(CN)Nc1ccnc(N(C)C)n1. The molecule has 1 rings (SSSR count). The monoisotopic (exact) mass is 237 g/mol. The van der Waals surface area contributed by atoms with Crippen LogP contribution in [-0.2, 0) is 0 Å². The van der Waals surface area contributed by atoms with Crippen molar-refractivity contribution in [1.29, 1.82) is 0 Å². The summed E-state index contributed by atoms with van der Waals surface area (Å²) in [6.45, 7) is 6.96. The molecule has 0 aliphatic heterocycles. The average Bonchev–Trinajstić information content (AvgIpc) is 2.29. The predicted molar refractivity (Wildman–Crippen MR) is 72.3 cm³/mol. The quantitative estimate of drug-likeness (QED) is 0.808. The van der Waals surface area contributed by atoms with Gasteiger partial charge >= 0.3 is 0 Å². The van der Waals surface area contributed by atoms with Crippen LogP contribution in [0.3, 0.4) is 0 Å². The number of nitrogens with zero attached hydrogens (tertiary/aromatic N) is 3. The van der Waals surface area contributed by atoms with Crippen molar-refractivity contribution in [3.63, 3.8) is 0 Å². The van der Waals surface area contributed by atoms with Gasteiger partial charge in [-0.3, -0.25) is 0 Å². The van der Waals surface area contributed by atoms with Gasteiger partial charge in [-0.25, -0.2) is 4.98 Å². The lowest BCUT2D eigenvalue weighted by Gasteiger charge is -2.34. The molecule has 5 nitrogen and oxygen atoms in total. The molecule has 17 heavy (non-hydrogen) atoms. The summed E-state index contributed by atoms with van der Waals surface area (Å²) in [6, 6.07) is 1.86. The molecule has 96 valence electrons. The highest BCUT2D eigenvalue weighted by Crippen LogP contribution is 2.21. The molecule has 0 fully saturated rings. The van der Waals surface area contributed by atoms with Crippen LogP contribution in [0.15, 0.2) is 12.3 Å². The minimum atomic E-state index is -0.155. The minimum Gasteiger partial charge on any atom is -0.363 e. The molecule has 0 aliphatic rings. The Kier molecular flexibility index (Phi) is 4.28. The van der Waals surface area contributed by atoms with Crippen LogP contribution in [0, 0.1) is 5.92 Å². The Morgan fingerprint density at radius 1 is 1.47 bits per heavy atom. The number of hydrogen-bond donors (Lipinski definition) is 2. The van der Waals surface area contributed by atoms with Crippen molar-refractivity contribution < 1.29 is 0 Å². The summed E-state index contributed by atoms with van der Waals surface area (Å²) in [5.41, 5.74) is 5.68. The summed E-state index contributed by atoms with van der Waals surface area (Å²) in [5, 5.41) is 3.40. The number of nitrogens with one attached hydrogen (secondary N) is 1. The van der Waals surface area contributed by atoms with E-state index < -0.39 is 0 Å². The maximum absolute atomic E-state index is 5.84. The molecule has 1 heterocycles. The molecule has 0 spiro atoms. The van der Waals surface area contributed by atoms with E-state index in [-0.39, 0.29) is 5.54 Å². The van der Waals surface area contributed by atoms with Crippen molar-refractivity contribution in [3.8, 4) is 0 Å². The lowest BCUT2D eigenvalue weighted by molar-refractivity contribution is 0.381. The van der Waals surface area contributed by atoms with Crippen molar-refractivity contribution in [3.05, 3.63) is 12.3 Å². The molecule has 0 bridgehead atoms. The maximum atomic E-state index is 5.84.